The molecule has 0 amide bonds. The number of aliphatic carboxylic acids is 4. The van der Waals surface area contributed by atoms with Crippen molar-refractivity contribution in [2.75, 3.05) is 0 Å². The second kappa shape index (κ2) is 47.6. The summed E-state index contributed by atoms with van der Waals surface area (Å²) in [6.45, 7) is 2.16. The Kier molecular flexibility index (Phi) is 45.5. The summed E-state index contributed by atoms with van der Waals surface area (Å²) in [4.78, 5) is 46.1. The molecule has 0 aliphatic heterocycles. The monoisotopic (exact) mass is 915 g/mol. The van der Waals surface area contributed by atoms with Gasteiger partial charge in [0.1, 0.15) is 0 Å². The Morgan fingerprint density at radius 2 is 0.631 bits per heavy atom. The van der Waals surface area contributed by atoms with Gasteiger partial charge in [-0.05, 0) is 83.0 Å². The van der Waals surface area contributed by atoms with Crippen molar-refractivity contribution in [2.45, 2.75) is 289 Å². The standard InChI is InChI=1S/C57H102O8/c1-2-3-4-5-6-7-8-12-15-19-24-31-38-45-52(46-39-32-27-28-35-42-49-55(62)63)57(56(64)65,51-44-37-30-23-18-21-26-34-41-48-54(60)61)50-43-36-29-22-17-14-11-9-10-13-16-20-25-33-40-47-53(58)59/h3-4,6-7,12,15,52H,2,5,8-11,13-14,16-51H2,1H3,(H,58,59)(H,60,61)(H,62,63)(H,64,65). The molecule has 378 valence electrons. The fourth-order valence-corrected chi connectivity index (χ4v) is 9.62. The number of rotatable bonds is 52. The third-order valence-corrected chi connectivity index (χ3v) is 13.6. The Labute approximate surface area is 399 Å². The van der Waals surface area contributed by atoms with Crippen molar-refractivity contribution in [1.82, 2.24) is 0 Å². The molecule has 0 aromatic carbocycles. The molecule has 0 saturated heterocycles. The van der Waals surface area contributed by atoms with Crippen LogP contribution in [0.3, 0.4) is 0 Å². The summed E-state index contributed by atoms with van der Waals surface area (Å²) in [5.41, 5.74) is -0.678. The first-order valence-electron chi connectivity index (χ1n) is 27.5. The fourth-order valence-electron chi connectivity index (χ4n) is 9.62. The lowest BCUT2D eigenvalue weighted by molar-refractivity contribution is -0.155. The molecule has 65 heavy (non-hydrogen) atoms. The second-order valence-electron chi connectivity index (χ2n) is 19.4. The summed E-state index contributed by atoms with van der Waals surface area (Å²) in [5.74, 6) is -2.51. The molecule has 0 aliphatic carbocycles. The van der Waals surface area contributed by atoms with E-state index in [4.69, 9.17) is 15.3 Å². The lowest BCUT2D eigenvalue weighted by Crippen LogP contribution is -2.39. The highest BCUT2D eigenvalue weighted by atomic mass is 16.4. The molecule has 0 rings (SSSR count). The first kappa shape index (κ1) is 62.1. The zero-order chi connectivity index (χ0) is 47.7. The van der Waals surface area contributed by atoms with Crippen LogP contribution in [0.1, 0.15) is 289 Å². The molecule has 8 nitrogen and oxygen atoms in total. The molecule has 0 fully saturated rings. The zero-order valence-corrected chi connectivity index (χ0v) is 42.1. The Balaban J connectivity index is 5.29. The number of carbonyl (C=O) groups is 4. The van der Waals surface area contributed by atoms with E-state index in [9.17, 15) is 24.3 Å². The first-order chi connectivity index (χ1) is 31.7. The van der Waals surface area contributed by atoms with E-state index in [0.29, 0.717) is 6.42 Å². The van der Waals surface area contributed by atoms with Crippen LogP contribution >= 0.6 is 0 Å². The maximum Gasteiger partial charge on any atom is 0.309 e. The topological polar surface area (TPSA) is 149 Å². The predicted octanol–water partition coefficient (Wildman–Crippen LogP) is 17.8. The molecular weight excluding hydrogens is 813 g/mol. The van der Waals surface area contributed by atoms with Crippen LogP contribution in [-0.4, -0.2) is 44.3 Å². The van der Waals surface area contributed by atoms with Gasteiger partial charge in [0, 0.05) is 19.3 Å². The van der Waals surface area contributed by atoms with E-state index in [1.165, 1.54) is 64.2 Å². The van der Waals surface area contributed by atoms with Crippen molar-refractivity contribution < 1.29 is 39.6 Å². The average Bonchev–Trinajstić information content (AvgIpc) is 3.27. The van der Waals surface area contributed by atoms with E-state index in [2.05, 4.69) is 43.4 Å². The Morgan fingerprint density at radius 3 is 0.954 bits per heavy atom. The smallest absolute Gasteiger partial charge is 0.309 e. The quantitative estimate of drug-likeness (QED) is 0.0348. The Morgan fingerprint density at radius 1 is 0.354 bits per heavy atom. The van der Waals surface area contributed by atoms with E-state index in [0.717, 1.165) is 199 Å². The van der Waals surface area contributed by atoms with Gasteiger partial charge in [-0.3, -0.25) is 19.2 Å². The van der Waals surface area contributed by atoms with Crippen LogP contribution in [0.15, 0.2) is 36.5 Å². The van der Waals surface area contributed by atoms with Gasteiger partial charge in [-0.1, -0.05) is 230 Å². The van der Waals surface area contributed by atoms with E-state index in [1.54, 1.807) is 0 Å². The average molecular weight is 915 g/mol. The summed E-state index contributed by atoms with van der Waals surface area (Å²) in [6, 6.07) is 0. The Bertz CT molecular complexity index is 1210. The molecule has 2 atom stereocenters. The lowest BCUT2D eigenvalue weighted by Gasteiger charge is -2.38. The van der Waals surface area contributed by atoms with Crippen LogP contribution < -0.4 is 0 Å². The second-order valence-corrected chi connectivity index (χ2v) is 19.4. The molecule has 0 bridgehead atoms. The first-order valence-corrected chi connectivity index (χ1v) is 27.5. The summed E-state index contributed by atoms with van der Waals surface area (Å²) in [5, 5.41) is 37.9. The van der Waals surface area contributed by atoms with Crippen molar-refractivity contribution >= 4 is 23.9 Å². The van der Waals surface area contributed by atoms with Crippen LogP contribution in [0.2, 0.25) is 0 Å². The van der Waals surface area contributed by atoms with Gasteiger partial charge in [-0.2, -0.15) is 0 Å². The van der Waals surface area contributed by atoms with E-state index >= 15 is 0 Å². The van der Waals surface area contributed by atoms with Crippen LogP contribution in [0, 0.1) is 11.3 Å². The normalized spacial score (nSPS) is 13.3. The molecule has 0 aromatic rings. The number of allylic oxidation sites excluding steroid dienone is 6. The minimum atomic E-state index is -0.722. The van der Waals surface area contributed by atoms with Crippen molar-refractivity contribution in [3.05, 3.63) is 36.5 Å². The largest absolute Gasteiger partial charge is 0.481 e. The van der Waals surface area contributed by atoms with Crippen LogP contribution in [0.5, 0.6) is 0 Å². The third-order valence-electron chi connectivity index (χ3n) is 13.6. The summed E-state index contributed by atoms with van der Waals surface area (Å²) in [7, 11) is 0. The zero-order valence-electron chi connectivity index (χ0n) is 42.1. The number of carboxylic acid groups (broad SMARTS) is 4. The van der Waals surface area contributed by atoms with Gasteiger partial charge < -0.3 is 20.4 Å². The van der Waals surface area contributed by atoms with Crippen LogP contribution in [0.4, 0.5) is 0 Å². The highest BCUT2D eigenvalue weighted by molar-refractivity contribution is 5.75. The maximum absolute atomic E-state index is 13.7. The summed E-state index contributed by atoms with van der Waals surface area (Å²) in [6.07, 6.45) is 58.3. The molecule has 0 radical (unpaired) electrons. The SMILES string of the molecule is CCC=CCC=CCC=CCCCCCC(CCCCCCCCC(=O)O)C(CCCCCCCCCCCCCCCCCC(=O)O)(CCCCCCCCCCCC(=O)O)C(=O)O. The van der Waals surface area contributed by atoms with Crippen LogP contribution in [-0.2, 0) is 19.2 Å². The van der Waals surface area contributed by atoms with Crippen molar-refractivity contribution in [3.63, 3.8) is 0 Å². The number of carboxylic acids is 4. The molecule has 8 heteroatoms. The Hall–Kier alpha value is -2.90. The molecule has 0 aromatic heterocycles. The minimum Gasteiger partial charge on any atom is -0.481 e. The number of hydrogen-bond donors (Lipinski definition) is 4. The summed E-state index contributed by atoms with van der Waals surface area (Å²) >= 11 is 0. The van der Waals surface area contributed by atoms with Gasteiger partial charge in [0.05, 0.1) is 5.41 Å². The van der Waals surface area contributed by atoms with Crippen LogP contribution in [0.25, 0.3) is 0 Å². The van der Waals surface area contributed by atoms with Crippen molar-refractivity contribution in [1.29, 1.82) is 0 Å². The minimum absolute atomic E-state index is 0.178. The maximum atomic E-state index is 13.7. The summed E-state index contributed by atoms with van der Waals surface area (Å²) < 4.78 is 0. The molecular formula is C57H102O8. The molecule has 0 saturated carbocycles. The van der Waals surface area contributed by atoms with Crippen molar-refractivity contribution in [2.24, 2.45) is 11.3 Å². The van der Waals surface area contributed by atoms with Gasteiger partial charge in [0.2, 0.25) is 0 Å². The van der Waals surface area contributed by atoms with Gasteiger partial charge in [-0.25, -0.2) is 0 Å². The molecule has 0 heterocycles. The van der Waals surface area contributed by atoms with Gasteiger partial charge in [-0.15, -0.1) is 0 Å². The van der Waals surface area contributed by atoms with E-state index in [1.807, 2.05) is 0 Å². The number of hydrogen-bond acceptors (Lipinski definition) is 4. The molecule has 0 spiro atoms. The predicted molar refractivity (Wildman–Crippen MR) is 273 cm³/mol. The van der Waals surface area contributed by atoms with E-state index in [-0.39, 0.29) is 18.8 Å². The third kappa shape index (κ3) is 42.2. The van der Waals surface area contributed by atoms with E-state index < -0.39 is 29.3 Å². The molecule has 2 unspecified atom stereocenters. The van der Waals surface area contributed by atoms with Gasteiger partial charge in [0.15, 0.2) is 0 Å². The highest BCUT2D eigenvalue weighted by Gasteiger charge is 2.44. The van der Waals surface area contributed by atoms with Gasteiger partial charge >= 0.3 is 23.9 Å². The number of unbranched alkanes of at least 4 members (excludes halogenated alkanes) is 30. The lowest BCUT2D eigenvalue weighted by atomic mass is 9.65. The fraction of sp³-hybridized carbons (Fsp3) is 0.825. The van der Waals surface area contributed by atoms with Gasteiger partial charge in [0.25, 0.3) is 0 Å². The molecule has 0 aliphatic rings. The van der Waals surface area contributed by atoms with Crippen molar-refractivity contribution in [3.8, 4) is 0 Å². The highest BCUT2D eigenvalue weighted by Crippen LogP contribution is 2.45. The molecule has 4 N–H and O–H groups in total.